The molecule has 0 unspecified atom stereocenters. The number of carboxylic acids is 1. The van der Waals surface area contributed by atoms with Crippen molar-refractivity contribution in [3.8, 4) is 5.88 Å². The second-order valence-electron chi connectivity index (χ2n) is 7.33. The third-order valence-electron chi connectivity index (χ3n) is 5.51. The number of nitrogens with one attached hydrogen (secondary N) is 1. The van der Waals surface area contributed by atoms with Crippen LogP contribution in [0.2, 0.25) is 0 Å². The van der Waals surface area contributed by atoms with E-state index in [0.717, 1.165) is 49.3 Å². The summed E-state index contributed by atoms with van der Waals surface area (Å²) in [6, 6.07) is 12.1. The molecule has 1 amide bonds. The topological polar surface area (TPSA) is 91.8 Å². The van der Waals surface area contributed by atoms with Crippen LogP contribution in [0.3, 0.4) is 0 Å². The van der Waals surface area contributed by atoms with Gasteiger partial charge in [0.15, 0.2) is 0 Å². The van der Waals surface area contributed by atoms with Crippen LogP contribution >= 0.6 is 0 Å². The number of benzene rings is 1. The molecule has 2 aromatic rings. The van der Waals surface area contributed by atoms with Gasteiger partial charge < -0.3 is 15.2 Å². The van der Waals surface area contributed by atoms with Gasteiger partial charge in [0.05, 0.1) is 12.5 Å². The van der Waals surface area contributed by atoms with Gasteiger partial charge in [-0.05, 0) is 43.6 Å². The largest absolute Gasteiger partial charge is 0.490 e. The molecule has 3 heterocycles. The maximum atomic E-state index is 12.6. The number of hydrogen-bond acceptors (Lipinski definition) is 5. The molecule has 2 aliphatic heterocycles. The van der Waals surface area contributed by atoms with Crippen LogP contribution in [-0.4, -0.2) is 53.2 Å². The fraction of sp³-hybridized carbons (Fsp3) is 0.381. The van der Waals surface area contributed by atoms with E-state index in [2.05, 4.69) is 21.3 Å². The zero-order valence-electron chi connectivity index (χ0n) is 16.8. The first-order valence-electron chi connectivity index (χ1n) is 9.59. The third-order valence-corrected chi connectivity index (χ3v) is 5.51. The lowest BCUT2D eigenvalue weighted by molar-refractivity contribution is -0.192. The number of amides is 1. The molecule has 0 aliphatic carbocycles. The molecule has 10 heteroatoms. The number of alkyl halides is 3. The first kappa shape index (κ1) is 22.5. The SMILES string of the molecule is COc1ncccc1CN1CCC2(CC1)C(=O)Nc1ccccc12.O=C(O)C(F)(F)F. The molecule has 0 radical (unpaired) electrons. The van der Waals surface area contributed by atoms with E-state index in [-0.39, 0.29) is 11.3 Å². The first-order chi connectivity index (χ1) is 14.7. The highest BCUT2D eigenvalue weighted by atomic mass is 19.4. The summed E-state index contributed by atoms with van der Waals surface area (Å²) < 4.78 is 37.1. The Hall–Kier alpha value is -3.14. The Labute approximate surface area is 176 Å². The summed E-state index contributed by atoms with van der Waals surface area (Å²) in [6.07, 6.45) is -1.65. The number of carbonyl (C=O) groups is 2. The van der Waals surface area contributed by atoms with Crippen molar-refractivity contribution < 1.29 is 32.6 Å². The van der Waals surface area contributed by atoms with E-state index in [1.54, 1.807) is 13.3 Å². The molecule has 1 fully saturated rings. The van der Waals surface area contributed by atoms with Gasteiger partial charge in [-0.1, -0.05) is 24.3 Å². The minimum atomic E-state index is -5.08. The zero-order valence-corrected chi connectivity index (χ0v) is 16.8. The lowest BCUT2D eigenvalue weighted by Gasteiger charge is -2.38. The van der Waals surface area contributed by atoms with E-state index in [4.69, 9.17) is 14.6 Å². The van der Waals surface area contributed by atoms with Crippen LogP contribution in [0, 0.1) is 0 Å². The number of para-hydroxylation sites is 1. The van der Waals surface area contributed by atoms with Crippen molar-refractivity contribution in [1.82, 2.24) is 9.88 Å². The minimum Gasteiger partial charge on any atom is -0.481 e. The normalized spacial score (nSPS) is 17.4. The van der Waals surface area contributed by atoms with Gasteiger partial charge in [0.2, 0.25) is 11.8 Å². The van der Waals surface area contributed by atoms with Crippen LogP contribution in [0.1, 0.15) is 24.0 Å². The van der Waals surface area contributed by atoms with Crippen molar-refractivity contribution in [2.75, 3.05) is 25.5 Å². The molecule has 7 nitrogen and oxygen atoms in total. The highest BCUT2D eigenvalue weighted by Gasteiger charge is 2.48. The van der Waals surface area contributed by atoms with E-state index in [9.17, 15) is 18.0 Å². The molecule has 1 saturated heterocycles. The number of likely N-dealkylation sites (tertiary alicyclic amines) is 1. The van der Waals surface area contributed by atoms with Gasteiger partial charge in [-0.25, -0.2) is 9.78 Å². The second kappa shape index (κ2) is 8.93. The molecule has 2 N–H and O–H groups in total. The lowest BCUT2D eigenvalue weighted by atomic mass is 9.73. The summed E-state index contributed by atoms with van der Waals surface area (Å²) in [5, 5.41) is 10.2. The molecule has 31 heavy (non-hydrogen) atoms. The van der Waals surface area contributed by atoms with Crippen molar-refractivity contribution in [2.45, 2.75) is 31.0 Å². The Kier molecular flexibility index (Phi) is 6.49. The summed E-state index contributed by atoms with van der Waals surface area (Å²) in [5.74, 6) is -1.92. The number of hydrogen-bond donors (Lipinski definition) is 2. The Morgan fingerprint density at radius 3 is 2.48 bits per heavy atom. The van der Waals surface area contributed by atoms with Gasteiger partial charge in [-0.15, -0.1) is 0 Å². The van der Waals surface area contributed by atoms with Gasteiger partial charge in [-0.3, -0.25) is 9.69 Å². The number of methoxy groups -OCH3 is 1. The molecule has 1 aromatic carbocycles. The highest BCUT2D eigenvalue weighted by molar-refractivity contribution is 6.06. The number of halogens is 3. The first-order valence-corrected chi connectivity index (χ1v) is 9.59. The smallest absolute Gasteiger partial charge is 0.481 e. The van der Waals surface area contributed by atoms with Crippen molar-refractivity contribution in [3.63, 3.8) is 0 Å². The average molecular weight is 437 g/mol. The second-order valence-corrected chi connectivity index (χ2v) is 7.33. The van der Waals surface area contributed by atoms with E-state index in [1.807, 2.05) is 30.3 Å². The van der Waals surface area contributed by atoms with E-state index < -0.39 is 12.1 Å². The molecule has 1 spiro atoms. The Morgan fingerprint density at radius 1 is 1.23 bits per heavy atom. The Morgan fingerprint density at radius 2 is 1.87 bits per heavy atom. The minimum absolute atomic E-state index is 0.155. The number of ether oxygens (including phenoxy) is 1. The highest BCUT2D eigenvalue weighted by Crippen LogP contribution is 2.44. The molecule has 0 bridgehead atoms. The summed E-state index contributed by atoms with van der Waals surface area (Å²) in [4.78, 5) is 28.1. The third kappa shape index (κ3) is 4.79. The van der Waals surface area contributed by atoms with Crippen molar-refractivity contribution >= 4 is 17.6 Å². The van der Waals surface area contributed by atoms with Crippen LogP contribution in [0.4, 0.5) is 18.9 Å². The number of nitrogens with zero attached hydrogens (tertiary/aromatic N) is 2. The van der Waals surface area contributed by atoms with Crippen LogP contribution in [0.15, 0.2) is 42.6 Å². The summed E-state index contributed by atoms with van der Waals surface area (Å²) in [6.45, 7) is 2.58. The number of fused-ring (bicyclic) bond motifs is 2. The predicted octanol–water partition coefficient (Wildman–Crippen LogP) is 3.21. The van der Waals surface area contributed by atoms with Crippen molar-refractivity contribution in [2.24, 2.45) is 0 Å². The van der Waals surface area contributed by atoms with Gasteiger partial charge in [0, 0.05) is 24.0 Å². The van der Waals surface area contributed by atoms with Gasteiger partial charge in [0.25, 0.3) is 0 Å². The average Bonchev–Trinajstić information content (AvgIpc) is 3.01. The molecule has 166 valence electrons. The quantitative estimate of drug-likeness (QED) is 0.766. The maximum Gasteiger partial charge on any atom is 0.490 e. The molecule has 0 saturated carbocycles. The van der Waals surface area contributed by atoms with Crippen LogP contribution in [0.5, 0.6) is 5.88 Å². The van der Waals surface area contributed by atoms with Crippen molar-refractivity contribution in [1.29, 1.82) is 0 Å². The summed E-state index contributed by atoms with van der Waals surface area (Å²) in [7, 11) is 1.65. The fourth-order valence-corrected chi connectivity index (χ4v) is 3.93. The van der Waals surface area contributed by atoms with Crippen LogP contribution in [-0.2, 0) is 21.5 Å². The van der Waals surface area contributed by atoms with E-state index in [1.165, 1.54) is 0 Å². The lowest BCUT2D eigenvalue weighted by Crippen LogP contribution is -2.46. The van der Waals surface area contributed by atoms with Gasteiger partial charge >= 0.3 is 12.1 Å². The summed E-state index contributed by atoms with van der Waals surface area (Å²) in [5.41, 5.74) is 2.87. The van der Waals surface area contributed by atoms with Gasteiger partial charge in [-0.2, -0.15) is 13.2 Å². The number of piperidine rings is 1. The van der Waals surface area contributed by atoms with Crippen LogP contribution < -0.4 is 10.1 Å². The number of aromatic nitrogens is 1. The van der Waals surface area contributed by atoms with E-state index >= 15 is 0 Å². The monoisotopic (exact) mass is 437 g/mol. The zero-order chi connectivity index (χ0) is 22.6. The standard InChI is InChI=1S/C19H21N3O2.C2HF3O2/c1-24-17-14(5-4-10-20-17)13-22-11-8-19(9-12-22)15-6-2-3-7-16(15)21-18(19)23;3-2(4,5)1(6)7/h2-7,10H,8-9,11-13H2,1H3,(H,21,23);(H,6,7). The maximum absolute atomic E-state index is 12.6. The number of rotatable bonds is 3. The number of carboxylic acid groups (broad SMARTS) is 1. The Bertz CT molecular complexity index is 957. The van der Waals surface area contributed by atoms with Crippen molar-refractivity contribution in [3.05, 3.63) is 53.7 Å². The number of carbonyl (C=O) groups excluding carboxylic acids is 1. The molecule has 1 aromatic heterocycles. The van der Waals surface area contributed by atoms with Gasteiger partial charge in [0.1, 0.15) is 0 Å². The number of aliphatic carboxylic acids is 1. The molecule has 0 atom stereocenters. The predicted molar refractivity (Wildman–Crippen MR) is 106 cm³/mol. The fourth-order valence-electron chi connectivity index (χ4n) is 3.93. The summed E-state index contributed by atoms with van der Waals surface area (Å²) >= 11 is 0. The number of pyridine rings is 1. The number of anilines is 1. The van der Waals surface area contributed by atoms with Crippen LogP contribution in [0.25, 0.3) is 0 Å². The molecular formula is C21H22F3N3O4. The Balaban J connectivity index is 0.000000339. The molecule has 4 rings (SSSR count). The molecular weight excluding hydrogens is 415 g/mol. The molecule has 2 aliphatic rings. The van der Waals surface area contributed by atoms with E-state index in [0.29, 0.717) is 5.88 Å².